The number of ether oxygens (including phenoxy) is 1. The molecular weight excluding hydrogens is 240 g/mol. The smallest absolute Gasteiger partial charge is 0.151 e. The van der Waals surface area contributed by atoms with E-state index >= 15 is 0 Å². The van der Waals surface area contributed by atoms with Gasteiger partial charge < -0.3 is 4.74 Å². The van der Waals surface area contributed by atoms with Crippen LogP contribution in [0.3, 0.4) is 0 Å². The molecule has 5 heteroatoms. The third kappa shape index (κ3) is 3.27. The summed E-state index contributed by atoms with van der Waals surface area (Å²) in [4.78, 5) is 8.47. The van der Waals surface area contributed by atoms with Crippen molar-refractivity contribution in [2.24, 2.45) is 5.84 Å². The highest BCUT2D eigenvalue weighted by Crippen LogP contribution is 2.28. The van der Waals surface area contributed by atoms with Gasteiger partial charge in [-0.1, -0.05) is 18.2 Å². The van der Waals surface area contributed by atoms with Crippen molar-refractivity contribution in [2.75, 3.05) is 0 Å². The Morgan fingerprint density at radius 2 is 1.79 bits per heavy atom. The van der Waals surface area contributed by atoms with Gasteiger partial charge in [-0.2, -0.15) is 0 Å². The van der Waals surface area contributed by atoms with Crippen molar-refractivity contribution in [3.63, 3.8) is 0 Å². The maximum atomic E-state index is 5.80. The number of benzene rings is 1. The van der Waals surface area contributed by atoms with E-state index in [1.165, 1.54) is 0 Å². The van der Waals surface area contributed by atoms with Gasteiger partial charge >= 0.3 is 0 Å². The molecule has 100 valence electrons. The van der Waals surface area contributed by atoms with Crippen LogP contribution < -0.4 is 16.0 Å². The van der Waals surface area contributed by atoms with Gasteiger partial charge in [0.2, 0.25) is 0 Å². The van der Waals surface area contributed by atoms with Crippen LogP contribution in [0, 0.1) is 0 Å². The lowest BCUT2D eigenvalue weighted by molar-refractivity contribution is 0.238. The van der Waals surface area contributed by atoms with Gasteiger partial charge in [-0.05, 0) is 26.0 Å². The molecule has 1 aromatic carbocycles. The summed E-state index contributed by atoms with van der Waals surface area (Å²) in [6.45, 7) is 3.97. The van der Waals surface area contributed by atoms with Gasteiger partial charge in [0.05, 0.1) is 6.10 Å². The molecule has 0 aliphatic rings. The first-order valence-electron chi connectivity index (χ1n) is 6.21. The Morgan fingerprint density at radius 1 is 1.11 bits per heavy atom. The average Bonchev–Trinajstić information content (AvgIpc) is 2.42. The van der Waals surface area contributed by atoms with Crippen molar-refractivity contribution < 1.29 is 4.74 Å². The minimum absolute atomic E-state index is 0.0938. The van der Waals surface area contributed by atoms with E-state index in [-0.39, 0.29) is 12.1 Å². The van der Waals surface area contributed by atoms with Gasteiger partial charge in [-0.25, -0.2) is 15.4 Å². The summed E-state index contributed by atoms with van der Waals surface area (Å²) in [7, 11) is 0. The number of rotatable bonds is 5. The number of nitrogens with two attached hydrogens (primary N) is 1. The van der Waals surface area contributed by atoms with E-state index in [2.05, 4.69) is 15.4 Å². The Hall–Kier alpha value is -1.98. The Balaban J connectivity index is 2.38. The third-order valence-corrected chi connectivity index (χ3v) is 2.60. The number of hydrogen-bond donors (Lipinski definition) is 2. The molecular formula is C14H18N4O. The Morgan fingerprint density at radius 3 is 2.42 bits per heavy atom. The first-order valence-corrected chi connectivity index (χ1v) is 6.21. The fraction of sp³-hybridized carbons (Fsp3) is 0.286. The Labute approximate surface area is 112 Å². The maximum absolute atomic E-state index is 5.80. The van der Waals surface area contributed by atoms with E-state index in [4.69, 9.17) is 10.6 Å². The van der Waals surface area contributed by atoms with Crippen LogP contribution in [0.4, 0.5) is 0 Å². The number of nitrogens with zero attached hydrogens (tertiary/aromatic N) is 2. The standard InChI is InChI=1S/C14H18N4O/c1-10(2)19-12-7-4-3-6-11(12)13(18-15)14-16-8-5-9-17-14/h3-10,13,18H,15H2,1-2H3. The van der Waals surface area contributed by atoms with Crippen molar-refractivity contribution in [1.29, 1.82) is 0 Å². The summed E-state index contributed by atoms with van der Waals surface area (Å²) in [5.74, 6) is 7.05. The van der Waals surface area contributed by atoms with Crippen LogP contribution in [-0.4, -0.2) is 16.1 Å². The van der Waals surface area contributed by atoms with Crippen molar-refractivity contribution in [2.45, 2.75) is 26.0 Å². The zero-order chi connectivity index (χ0) is 13.7. The van der Waals surface area contributed by atoms with E-state index in [0.717, 1.165) is 11.3 Å². The second-order valence-corrected chi connectivity index (χ2v) is 4.41. The Bertz CT molecular complexity index is 516. The zero-order valence-electron chi connectivity index (χ0n) is 11.1. The van der Waals surface area contributed by atoms with E-state index in [9.17, 15) is 0 Å². The highest BCUT2D eigenvalue weighted by molar-refractivity contribution is 5.38. The molecule has 2 rings (SSSR count). The molecule has 0 spiro atoms. The highest BCUT2D eigenvalue weighted by Gasteiger charge is 2.19. The normalized spacial score (nSPS) is 12.4. The predicted octanol–water partition coefficient (Wildman–Crippen LogP) is 1.82. The topological polar surface area (TPSA) is 73.1 Å². The third-order valence-electron chi connectivity index (χ3n) is 2.60. The van der Waals surface area contributed by atoms with Crippen LogP contribution in [-0.2, 0) is 0 Å². The predicted molar refractivity (Wildman–Crippen MR) is 73.4 cm³/mol. The van der Waals surface area contributed by atoms with E-state index in [1.807, 2.05) is 38.1 Å². The minimum atomic E-state index is -0.295. The van der Waals surface area contributed by atoms with Crippen molar-refractivity contribution in [3.8, 4) is 5.75 Å². The molecule has 0 fully saturated rings. The summed E-state index contributed by atoms with van der Waals surface area (Å²) < 4.78 is 5.80. The fourth-order valence-corrected chi connectivity index (χ4v) is 1.84. The molecule has 3 N–H and O–H groups in total. The number of aromatic nitrogens is 2. The molecule has 19 heavy (non-hydrogen) atoms. The van der Waals surface area contributed by atoms with Crippen LogP contribution >= 0.6 is 0 Å². The molecule has 0 radical (unpaired) electrons. The highest BCUT2D eigenvalue weighted by atomic mass is 16.5. The van der Waals surface area contributed by atoms with Crippen LogP contribution in [0.25, 0.3) is 0 Å². The molecule has 1 aromatic heterocycles. The zero-order valence-corrected chi connectivity index (χ0v) is 11.1. The number of nitrogens with one attached hydrogen (secondary N) is 1. The lowest BCUT2D eigenvalue weighted by Crippen LogP contribution is -2.30. The van der Waals surface area contributed by atoms with Crippen LogP contribution in [0.1, 0.15) is 31.3 Å². The van der Waals surface area contributed by atoms with Crippen molar-refractivity contribution in [3.05, 3.63) is 54.1 Å². The van der Waals surface area contributed by atoms with E-state index < -0.39 is 0 Å². The van der Waals surface area contributed by atoms with E-state index in [0.29, 0.717) is 5.82 Å². The lowest BCUT2D eigenvalue weighted by atomic mass is 10.1. The summed E-state index contributed by atoms with van der Waals surface area (Å²) in [5, 5.41) is 0. The molecule has 1 heterocycles. The first-order chi connectivity index (χ1) is 9.22. The SMILES string of the molecule is CC(C)Oc1ccccc1C(NN)c1ncccn1. The summed E-state index contributed by atoms with van der Waals surface area (Å²) >= 11 is 0. The maximum Gasteiger partial charge on any atom is 0.151 e. The number of hydrazine groups is 1. The molecule has 0 bridgehead atoms. The fourth-order valence-electron chi connectivity index (χ4n) is 1.84. The molecule has 0 aliphatic carbocycles. The quantitative estimate of drug-likeness (QED) is 0.632. The molecule has 0 saturated carbocycles. The summed E-state index contributed by atoms with van der Waals surface area (Å²) in [6, 6.07) is 9.22. The first kappa shape index (κ1) is 13.5. The van der Waals surface area contributed by atoms with Gasteiger partial charge in [-0.15, -0.1) is 0 Å². The molecule has 1 atom stereocenters. The monoisotopic (exact) mass is 258 g/mol. The molecule has 2 aromatic rings. The second kappa shape index (κ2) is 6.26. The summed E-state index contributed by atoms with van der Waals surface area (Å²) in [5.41, 5.74) is 3.66. The summed E-state index contributed by atoms with van der Waals surface area (Å²) in [6.07, 6.45) is 3.48. The number of hydrogen-bond acceptors (Lipinski definition) is 5. The van der Waals surface area contributed by atoms with Crippen molar-refractivity contribution >= 4 is 0 Å². The average molecular weight is 258 g/mol. The molecule has 0 saturated heterocycles. The van der Waals surface area contributed by atoms with Gasteiger partial charge in [0.25, 0.3) is 0 Å². The lowest BCUT2D eigenvalue weighted by Gasteiger charge is -2.20. The van der Waals surface area contributed by atoms with Gasteiger partial charge in [0.1, 0.15) is 11.8 Å². The van der Waals surface area contributed by atoms with Crippen molar-refractivity contribution in [1.82, 2.24) is 15.4 Å². The molecule has 0 aliphatic heterocycles. The van der Waals surface area contributed by atoms with Gasteiger partial charge in [0, 0.05) is 18.0 Å². The minimum Gasteiger partial charge on any atom is -0.491 e. The number of para-hydroxylation sites is 1. The van der Waals surface area contributed by atoms with E-state index in [1.54, 1.807) is 18.5 Å². The Kier molecular flexibility index (Phi) is 4.43. The van der Waals surface area contributed by atoms with Crippen LogP contribution in [0.15, 0.2) is 42.7 Å². The molecule has 1 unspecified atom stereocenters. The second-order valence-electron chi connectivity index (χ2n) is 4.41. The van der Waals surface area contributed by atoms with Gasteiger partial charge in [-0.3, -0.25) is 5.84 Å². The van der Waals surface area contributed by atoms with Crippen LogP contribution in [0.2, 0.25) is 0 Å². The van der Waals surface area contributed by atoms with Gasteiger partial charge in [0.15, 0.2) is 5.82 Å². The van der Waals surface area contributed by atoms with Crippen LogP contribution in [0.5, 0.6) is 5.75 Å². The molecule has 0 amide bonds. The largest absolute Gasteiger partial charge is 0.491 e. The molecule has 5 nitrogen and oxygen atoms in total.